The Morgan fingerprint density at radius 1 is 0.976 bits per heavy atom. The Labute approximate surface area is 247 Å². The van der Waals surface area contributed by atoms with E-state index in [4.69, 9.17) is 18.6 Å². The molecule has 1 aliphatic heterocycles. The lowest BCUT2D eigenvalue weighted by atomic mass is 10.0. The Hall–Kier alpha value is -2.07. The number of rotatable bonds is 11. The zero-order chi connectivity index (χ0) is 30.4. The molecule has 41 heavy (non-hydrogen) atoms. The van der Waals surface area contributed by atoms with Gasteiger partial charge in [0.25, 0.3) is 8.32 Å². The molecule has 7 nitrogen and oxygen atoms in total. The summed E-state index contributed by atoms with van der Waals surface area (Å²) >= 11 is 0. The van der Waals surface area contributed by atoms with Crippen molar-refractivity contribution in [2.24, 2.45) is 0 Å². The van der Waals surface area contributed by atoms with E-state index in [2.05, 4.69) is 69.3 Å². The maximum absolute atomic E-state index is 12.0. The molecular weight excluding hydrogens is 536 g/mol. The molecule has 1 aliphatic rings. The molecule has 0 radical (unpaired) electrons. The van der Waals surface area contributed by atoms with Gasteiger partial charge in [0.1, 0.15) is 11.7 Å². The molecule has 1 heterocycles. The number of carbonyl (C=O) groups is 1. The van der Waals surface area contributed by atoms with Crippen LogP contribution in [-0.2, 0) is 23.4 Å². The van der Waals surface area contributed by atoms with Gasteiger partial charge in [-0.25, -0.2) is 0 Å². The summed E-state index contributed by atoms with van der Waals surface area (Å²) in [4.78, 5) is 12.0. The number of ether oxygens (including phenoxy) is 3. The summed E-state index contributed by atoms with van der Waals surface area (Å²) in [6, 6.07) is 20.9. The van der Waals surface area contributed by atoms with E-state index in [0.717, 1.165) is 0 Å². The van der Waals surface area contributed by atoms with Gasteiger partial charge in [-0.05, 0) is 62.9 Å². The number of benzene rings is 2. The standard InChI is InChI=1S/C33H50O7Si/c1-23(19-20-25(34)21-30(36)39-32(3,4)5)37-31-28(35)22-29(24(2)38-31)40-41(33(6,7)8,26-15-11-9-12-16-26)27-17-13-10-14-18-27/h9-18,23-25,28-29,31,34-35H,19-22H2,1-8H3/t23-,24+,25?,28-,29-,31-/m1/s1. The Kier molecular flexibility index (Phi) is 11.4. The lowest BCUT2D eigenvalue weighted by molar-refractivity contribution is -0.271. The first-order valence-corrected chi connectivity index (χ1v) is 16.7. The molecule has 0 bridgehead atoms. The zero-order valence-electron chi connectivity index (χ0n) is 26.0. The minimum absolute atomic E-state index is 0.0646. The average molecular weight is 587 g/mol. The van der Waals surface area contributed by atoms with Crippen LogP contribution in [0.5, 0.6) is 0 Å². The fourth-order valence-corrected chi connectivity index (χ4v) is 10.3. The highest BCUT2D eigenvalue weighted by Crippen LogP contribution is 2.39. The van der Waals surface area contributed by atoms with Crippen LogP contribution < -0.4 is 10.4 Å². The summed E-state index contributed by atoms with van der Waals surface area (Å²) < 4.78 is 24.8. The van der Waals surface area contributed by atoms with Crippen molar-refractivity contribution < 1.29 is 33.6 Å². The van der Waals surface area contributed by atoms with Gasteiger partial charge in [0.15, 0.2) is 6.29 Å². The van der Waals surface area contributed by atoms with Gasteiger partial charge in [-0.2, -0.15) is 0 Å². The minimum Gasteiger partial charge on any atom is -0.460 e. The number of esters is 1. The van der Waals surface area contributed by atoms with Gasteiger partial charge >= 0.3 is 5.97 Å². The van der Waals surface area contributed by atoms with Crippen LogP contribution in [-0.4, -0.2) is 66.9 Å². The molecule has 1 fully saturated rings. The quantitative estimate of drug-likeness (QED) is 0.291. The molecule has 2 aromatic carbocycles. The first-order valence-electron chi connectivity index (χ1n) is 14.8. The molecule has 0 spiro atoms. The summed E-state index contributed by atoms with van der Waals surface area (Å²) in [6.07, 6.45) is -2.23. The molecule has 8 heteroatoms. The molecule has 0 aliphatic carbocycles. The Bertz CT molecular complexity index is 1040. The predicted molar refractivity (Wildman–Crippen MR) is 164 cm³/mol. The van der Waals surface area contributed by atoms with Crippen LogP contribution in [0.1, 0.15) is 81.1 Å². The number of hydrogen-bond donors (Lipinski definition) is 2. The number of aliphatic hydroxyl groups excluding tert-OH is 2. The summed E-state index contributed by atoms with van der Waals surface area (Å²) in [7, 11) is -2.81. The summed E-state index contributed by atoms with van der Waals surface area (Å²) in [5.41, 5.74) is -0.586. The third-order valence-electron chi connectivity index (χ3n) is 7.50. The normalized spacial score (nSPS) is 23.6. The van der Waals surface area contributed by atoms with Crippen molar-refractivity contribution in [3.63, 3.8) is 0 Å². The summed E-state index contributed by atoms with van der Waals surface area (Å²) in [5.74, 6) is -0.426. The van der Waals surface area contributed by atoms with Gasteiger partial charge in [-0.15, -0.1) is 0 Å². The SMILES string of the molecule is C[C@H](CCC(O)CC(=O)OC(C)(C)C)O[C@@H]1O[C@@H](C)[C@H](O[Si](c2ccccc2)(c2ccccc2)C(C)(C)C)C[C@H]1O. The molecule has 1 saturated heterocycles. The maximum atomic E-state index is 12.0. The third kappa shape index (κ3) is 8.96. The predicted octanol–water partition coefficient (Wildman–Crippen LogP) is 4.71. The fraction of sp³-hybridized carbons (Fsp3) is 0.606. The minimum atomic E-state index is -2.81. The summed E-state index contributed by atoms with van der Waals surface area (Å²) in [5, 5.41) is 23.6. The molecule has 3 rings (SSSR count). The molecule has 0 aromatic heterocycles. The largest absolute Gasteiger partial charge is 0.460 e. The van der Waals surface area contributed by atoms with Crippen LogP contribution in [0, 0.1) is 0 Å². The Morgan fingerprint density at radius 2 is 1.51 bits per heavy atom. The van der Waals surface area contributed by atoms with Crippen LogP contribution in [0.25, 0.3) is 0 Å². The second kappa shape index (κ2) is 13.9. The number of aliphatic hydroxyl groups is 2. The Morgan fingerprint density at radius 3 is 2.00 bits per heavy atom. The first-order chi connectivity index (χ1) is 19.1. The van der Waals surface area contributed by atoms with Crippen molar-refractivity contribution in [3.8, 4) is 0 Å². The molecule has 2 N–H and O–H groups in total. The van der Waals surface area contributed by atoms with Gasteiger partial charge < -0.3 is 28.8 Å². The van der Waals surface area contributed by atoms with Crippen molar-refractivity contribution in [2.45, 2.75) is 129 Å². The van der Waals surface area contributed by atoms with Crippen LogP contribution in [0.2, 0.25) is 5.04 Å². The molecule has 228 valence electrons. The first kappa shape index (κ1) is 33.4. The number of hydrogen-bond acceptors (Lipinski definition) is 7. The van der Waals surface area contributed by atoms with Crippen molar-refractivity contribution in [3.05, 3.63) is 60.7 Å². The van der Waals surface area contributed by atoms with Crippen LogP contribution in [0.3, 0.4) is 0 Å². The van der Waals surface area contributed by atoms with Crippen molar-refractivity contribution >= 4 is 24.7 Å². The fourth-order valence-electron chi connectivity index (χ4n) is 5.52. The van der Waals surface area contributed by atoms with Gasteiger partial charge in [0.05, 0.1) is 30.8 Å². The van der Waals surface area contributed by atoms with E-state index in [9.17, 15) is 15.0 Å². The molecular formula is C33H50O7Si. The van der Waals surface area contributed by atoms with Gasteiger partial charge in [0, 0.05) is 6.42 Å². The van der Waals surface area contributed by atoms with Crippen LogP contribution in [0.4, 0.5) is 0 Å². The van der Waals surface area contributed by atoms with Gasteiger partial charge in [-0.3, -0.25) is 4.79 Å². The van der Waals surface area contributed by atoms with E-state index in [1.54, 1.807) is 20.8 Å². The van der Waals surface area contributed by atoms with E-state index in [1.165, 1.54) is 10.4 Å². The molecule has 2 aromatic rings. The lowest BCUT2D eigenvalue weighted by Crippen LogP contribution is -2.69. The van der Waals surface area contributed by atoms with Crippen LogP contribution in [0.15, 0.2) is 60.7 Å². The smallest absolute Gasteiger partial charge is 0.308 e. The van der Waals surface area contributed by atoms with E-state index in [0.29, 0.717) is 19.3 Å². The van der Waals surface area contributed by atoms with Gasteiger partial charge in [-0.1, -0.05) is 81.4 Å². The van der Waals surface area contributed by atoms with Crippen LogP contribution >= 0.6 is 0 Å². The molecule has 6 atom stereocenters. The van der Waals surface area contributed by atoms with E-state index in [1.807, 2.05) is 26.0 Å². The molecule has 1 unspecified atom stereocenters. The molecule has 0 amide bonds. The van der Waals surface area contributed by atoms with Crippen molar-refractivity contribution in [2.75, 3.05) is 0 Å². The third-order valence-corrected chi connectivity index (χ3v) is 12.6. The highest BCUT2D eigenvalue weighted by molar-refractivity contribution is 6.99. The van der Waals surface area contributed by atoms with E-state index < -0.39 is 38.4 Å². The Balaban J connectivity index is 1.67. The topological polar surface area (TPSA) is 94.5 Å². The van der Waals surface area contributed by atoms with E-state index >= 15 is 0 Å². The van der Waals surface area contributed by atoms with Crippen molar-refractivity contribution in [1.29, 1.82) is 0 Å². The van der Waals surface area contributed by atoms with Crippen molar-refractivity contribution in [1.82, 2.24) is 0 Å². The second-order valence-corrected chi connectivity index (χ2v) is 17.6. The summed E-state index contributed by atoms with van der Waals surface area (Å²) in [6.45, 7) is 15.9. The second-order valence-electron chi connectivity index (χ2n) is 13.3. The van der Waals surface area contributed by atoms with Gasteiger partial charge in [0.2, 0.25) is 0 Å². The molecule has 0 saturated carbocycles. The zero-order valence-corrected chi connectivity index (χ0v) is 27.0. The highest BCUT2D eigenvalue weighted by Gasteiger charge is 2.53. The maximum Gasteiger partial charge on any atom is 0.308 e. The average Bonchev–Trinajstić information content (AvgIpc) is 2.87. The van der Waals surface area contributed by atoms with E-state index in [-0.39, 0.29) is 29.8 Å². The lowest BCUT2D eigenvalue weighted by Gasteiger charge is -2.48. The monoisotopic (exact) mass is 586 g/mol. The number of carbonyl (C=O) groups excluding carboxylic acids is 1. The highest BCUT2D eigenvalue weighted by atomic mass is 28.4.